The van der Waals surface area contributed by atoms with Crippen molar-refractivity contribution in [1.82, 2.24) is 0 Å². The van der Waals surface area contributed by atoms with Gasteiger partial charge >= 0.3 is 5.97 Å². The SMILES string of the molecule is C=C(C)OOC(=O)c1ccccc1. The van der Waals surface area contributed by atoms with E-state index in [2.05, 4.69) is 16.4 Å². The Balaban J connectivity index is 2.54. The Morgan fingerprint density at radius 1 is 1.23 bits per heavy atom. The van der Waals surface area contributed by atoms with E-state index in [4.69, 9.17) is 0 Å². The van der Waals surface area contributed by atoms with E-state index in [1.807, 2.05) is 6.07 Å². The summed E-state index contributed by atoms with van der Waals surface area (Å²) in [5.41, 5.74) is 0.448. The van der Waals surface area contributed by atoms with Crippen molar-refractivity contribution in [3.8, 4) is 0 Å². The van der Waals surface area contributed by atoms with Gasteiger partial charge in [0.1, 0.15) is 5.76 Å². The van der Waals surface area contributed by atoms with Crippen LogP contribution in [0.15, 0.2) is 42.7 Å². The van der Waals surface area contributed by atoms with Gasteiger partial charge in [-0.15, -0.1) is 0 Å². The summed E-state index contributed by atoms with van der Waals surface area (Å²) in [5.74, 6) is -0.187. The van der Waals surface area contributed by atoms with E-state index in [0.717, 1.165) is 0 Å². The van der Waals surface area contributed by atoms with E-state index in [1.54, 1.807) is 31.2 Å². The minimum absolute atomic E-state index is 0.337. The number of allylic oxidation sites excluding steroid dienone is 1. The Kier molecular flexibility index (Phi) is 3.09. The van der Waals surface area contributed by atoms with Crippen LogP contribution in [-0.2, 0) is 9.78 Å². The van der Waals surface area contributed by atoms with Crippen molar-refractivity contribution in [2.45, 2.75) is 6.92 Å². The van der Waals surface area contributed by atoms with Crippen LogP contribution in [0.2, 0.25) is 0 Å². The van der Waals surface area contributed by atoms with Crippen molar-refractivity contribution >= 4 is 5.97 Å². The van der Waals surface area contributed by atoms with Crippen LogP contribution in [0.1, 0.15) is 17.3 Å². The third kappa shape index (κ3) is 2.99. The highest BCUT2D eigenvalue weighted by molar-refractivity contribution is 5.88. The lowest BCUT2D eigenvalue weighted by Crippen LogP contribution is -2.04. The van der Waals surface area contributed by atoms with E-state index in [0.29, 0.717) is 11.3 Å². The zero-order chi connectivity index (χ0) is 9.68. The topological polar surface area (TPSA) is 35.5 Å². The largest absolute Gasteiger partial charge is 0.386 e. The van der Waals surface area contributed by atoms with Gasteiger partial charge in [-0.05, 0) is 19.1 Å². The second-order valence-corrected chi connectivity index (χ2v) is 2.52. The van der Waals surface area contributed by atoms with Crippen molar-refractivity contribution in [3.63, 3.8) is 0 Å². The third-order valence-electron chi connectivity index (χ3n) is 1.27. The van der Waals surface area contributed by atoms with Crippen molar-refractivity contribution in [2.24, 2.45) is 0 Å². The second kappa shape index (κ2) is 4.30. The number of carbonyl (C=O) groups excluding carboxylic acids is 1. The Labute approximate surface area is 76.5 Å². The summed E-state index contributed by atoms with van der Waals surface area (Å²) in [6, 6.07) is 8.60. The highest BCUT2D eigenvalue weighted by atomic mass is 17.2. The average Bonchev–Trinajstić information content (AvgIpc) is 2.15. The first kappa shape index (κ1) is 9.32. The van der Waals surface area contributed by atoms with Crippen LogP contribution in [0.3, 0.4) is 0 Å². The summed E-state index contributed by atoms with van der Waals surface area (Å²) in [6.07, 6.45) is 0. The summed E-state index contributed by atoms with van der Waals surface area (Å²) in [7, 11) is 0. The molecule has 1 aromatic rings. The maximum atomic E-state index is 11.2. The highest BCUT2D eigenvalue weighted by Crippen LogP contribution is 2.02. The summed E-state index contributed by atoms with van der Waals surface area (Å²) >= 11 is 0. The monoisotopic (exact) mass is 178 g/mol. The normalized spacial score (nSPS) is 9.00. The van der Waals surface area contributed by atoms with Crippen LogP contribution in [-0.4, -0.2) is 5.97 Å². The zero-order valence-electron chi connectivity index (χ0n) is 7.32. The summed E-state index contributed by atoms with van der Waals surface area (Å²) in [4.78, 5) is 20.1. The molecule has 0 amide bonds. The van der Waals surface area contributed by atoms with E-state index < -0.39 is 5.97 Å². The molecule has 0 N–H and O–H groups in total. The fourth-order valence-electron chi connectivity index (χ4n) is 0.731. The molecule has 0 saturated heterocycles. The van der Waals surface area contributed by atoms with Crippen molar-refractivity contribution in [2.75, 3.05) is 0 Å². The fourth-order valence-corrected chi connectivity index (χ4v) is 0.731. The fraction of sp³-hybridized carbons (Fsp3) is 0.100. The molecule has 0 aliphatic carbocycles. The van der Waals surface area contributed by atoms with Crippen LogP contribution >= 0.6 is 0 Å². The molecule has 0 aliphatic heterocycles. The van der Waals surface area contributed by atoms with Crippen molar-refractivity contribution < 1.29 is 14.6 Å². The maximum Gasteiger partial charge on any atom is 0.386 e. The number of hydrogen-bond donors (Lipinski definition) is 0. The van der Waals surface area contributed by atoms with Gasteiger partial charge in [-0.2, -0.15) is 0 Å². The molecule has 68 valence electrons. The quantitative estimate of drug-likeness (QED) is 0.404. The van der Waals surface area contributed by atoms with E-state index in [9.17, 15) is 4.79 Å². The van der Waals surface area contributed by atoms with Gasteiger partial charge in [-0.3, -0.25) is 4.89 Å². The zero-order valence-corrected chi connectivity index (χ0v) is 7.32. The molecule has 3 nitrogen and oxygen atoms in total. The molecule has 0 fully saturated rings. The van der Waals surface area contributed by atoms with Gasteiger partial charge in [-0.25, -0.2) is 9.68 Å². The minimum atomic E-state index is -0.524. The molecule has 13 heavy (non-hydrogen) atoms. The lowest BCUT2D eigenvalue weighted by Gasteiger charge is -2.02. The van der Waals surface area contributed by atoms with Gasteiger partial charge in [0.15, 0.2) is 0 Å². The Bertz CT molecular complexity index is 303. The van der Waals surface area contributed by atoms with Crippen LogP contribution in [0.25, 0.3) is 0 Å². The smallest absolute Gasteiger partial charge is 0.292 e. The van der Waals surface area contributed by atoms with Crippen molar-refractivity contribution in [3.05, 3.63) is 48.2 Å². The first-order chi connectivity index (χ1) is 6.20. The van der Waals surface area contributed by atoms with Gasteiger partial charge in [0.25, 0.3) is 0 Å². The molecule has 0 aliphatic rings. The number of hydrogen-bond acceptors (Lipinski definition) is 3. The van der Waals surface area contributed by atoms with Gasteiger partial charge in [0.2, 0.25) is 0 Å². The molecule has 0 saturated carbocycles. The molecular weight excluding hydrogens is 168 g/mol. The molecule has 0 radical (unpaired) electrons. The minimum Gasteiger partial charge on any atom is -0.292 e. The first-order valence-corrected chi connectivity index (χ1v) is 3.79. The van der Waals surface area contributed by atoms with E-state index >= 15 is 0 Å². The number of carbonyl (C=O) groups is 1. The van der Waals surface area contributed by atoms with Crippen LogP contribution in [0.5, 0.6) is 0 Å². The van der Waals surface area contributed by atoms with Gasteiger partial charge in [0, 0.05) is 0 Å². The van der Waals surface area contributed by atoms with Crippen LogP contribution < -0.4 is 0 Å². The molecule has 3 heteroatoms. The second-order valence-electron chi connectivity index (χ2n) is 2.52. The van der Waals surface area contributed by atoms with Crippen LogP contribution in [0.4, 0.5) is 0 Å². The third-order valence-corrected chi connectivity index (χ3v) is 1.27. The highest BCUT2D eigenvalue weighted by Gasteiger charge is 2.06. The lowest BCUT2D eigenvalue weighted by atomic mass is 10.2. The predicted molar refractivity (Wildman–Crippen MR) is 47.8 cm³/mol. The molecule has 0 spiro atoms. The summed E-state index contributed by atoms with van der Waals surface area (Å²) in [5, 5.41) is 0. The molecule has 0 atom stereocenters. The molecule has 1 rings (SSSR count). The van der Waals surface area contributed by atoms with Gasteiger partial charge in [-0.1, -0.05) is 24.8 Å². The molecular formula is C10H10O3. The van der Waals surface area contributed by atoms with E-state index in [-0.39, 0.29) is 0 Å². The Morgan fingerprint density at radius 2 is 1.85 bits per heavy atom. The first-order valence-electron chi connectivity index (χ1n) is 3.79. The maximum absolute atomic E-state index is 11.2. The van der Waals surface area contributed by atoms with Gasteiger partial charge in [0.05, 0.1) is 5.56 Å². The van der Waals surface area contributed by atoms with Crippen LogP contribution in [0, 0.1) is 0 Å². The average molecular weight is 178 g/mol. The molecule has 0 heterocycles. The van der Waals surface area contributed by atoms with Crippen molar-refractivity contribution in [1.29, 1.82) is 0 Å². The Hall–Kier alpha value is -1.77. The lowest BCUT2D eigenvalue weighted by molar-refractivity contribution is -0.204. The standard InChI is InChI=1S/C10H10O3/c1-8(2)12-13-10(11)9-6-4-3-5-7-9/h3-7H,1H2,2H3. The molecule has 0 aromatic heterocycles. The molecule has 0 bridgehead atoms. The van der Waals surface area contributed by atoms with E-state index in [1.165, 1.54) is 0 Å². The number of benzene rings is 1. The number of rotatable bonds is 3. The van der Waals surface area contributed by atoms with Gasteiger partial charge < -0.3 is 0 Å². The molecule has 1 aromatic carbocycles. The predicted octanol–water partition coefficient (Wildman–Crippen LogP) is 2.31. The summed E-state index contributed by atoms with van der Waals surface area (Å²) in [6.45, 7) is 5.02. The summed E-state index contributed by atoms with van der Waals surface area (Å²) < 4.78 is 0. The molecule has 0 unspecified atom stereocenters. The Morgan fingerprint density at radius 3 is 2.38 bits per heavy atom.